The monoisotopic (exact) mass is 142 g/mol. The summed E-state index contributed by atoms with van der Waals surface area (Å²) in [5.74, 6) is -0.663. The number of allylic oxidation sites excluding steroid dienone is 4. The van der Waals surface area contributed by atoms with Crippen molar-refractivity contribution in [2.75, 3.05) is 0 Å². The molecule has 0 aromatic rings. The molecular formula is C8H11FO. The molecule has 56 valence electrons. The SMILES string of the molecule is C/C=C\C(C(C)=O)=C(/C)F. The molecule has 0 aliphatic rings. The van der Waals surface area contributed by atoms with Gasteiger partial charge < -0.3 is 0 Å². The molecule has 1 nitrogen and oxygen atoms in total. The van der Waals surface area contributed by atoms with E-state index in [0.29, 0.717) is 0 Å². The molecule has 0 saturated heterocycles. The fraction of sp³-hybridized carbons (Fsp3) is 0.375. The maximum Gasteiger partial charge on any atom is 0.162 e. The van der Waals surface area contributed by atoms with Crippen LogP contribution >= 0.6 is 0 Å². The first-order valence-corrected chi connectivity index (χ1v) is 3.09. The van der Waals surface area contributed by atoms with E-state index >= 15 is 0 Å². The standard InChI is InChI=1S/C8H11FO/c1-4-5-8(6(2)9)7(3)10/h4-5H,1-3H3/b5-4-,8-6-. The largest absolute Gasteiger partial charge is 0.294 e. The summed E-state index contributed by atoms with van der Waals surface area (Å²) in [5.41, 5.74) is 0.155. The van der Waals surface area contributed by atoms with Gasteiger partial charge in [0.2, 0.25) is 0 Å². The summed E-state index contributed by atoms with van der Waals surface area (Å²) in [6.07, 6.45) is 3.11. The van der Waals surface area contributed by atoms with Gasteiger partial charge in [-0.2, -0.15) is 0 Å². The number of ketones is 1. The molecule has 0 aromatic heterocycles. The van der Waals surface area contributed by atoms with E-state index in [2.05, 4.69) is 0 Å². The molecule has 0 amide bonds. The summed E-state index contributed by atoms with van der Waals surface area (Å²) < 4.78 is 12.4. The van der Waals surface area contributed by atoms with Crippen LogP contribution in [-0.4, -0.2) is 5.78 Å². The van der Waals surface area contributed by atoms with Crippen LogP contribution in [-0.2, 0) is 4.79 Å². The molecule has 0 unspecified atom stereocenters. The minimum absolute atomic E-state index is 0.155. The summed E-state index contributed by atoms with van der Waals surface area (Å²) >= 11 is 0. The first kappa shape index (κ1) is 9.08. The second-order valence-electron chi connectivity index (χ2n) is 2.00. The topological polar surface area (TPSA) is 17.1 Å². The molecule has 0 radical (unpaired) electrons. The normalized spacial score (nSPS) is 13.6. The lowest BCUT2D eigenvalue weighted by molar-refractivity contribution is -0.113. The van der Waals surface area contributed by atoms with Gasteiger partial charge in [-0.15, -0.1) is 0 Å². The summed E-state index contributed by atoms with van der Waals surface area (Å²) in [6.45, 7) is 4.36. The van der Waals surface area contributed by atoms with Crippen LogP contribution in [0.3, 0.4) is 0 Å². The van der Waals surface area contributed by atoms with Crippen molar-refractivity contribution >= 4 is 5.78 Å². The van der Waals surface area contributed by atoms with E-state index in [1.165, 1.54) is 19.9 Å². The molecule has 0 bridgehead atoms. The molecule has 0 rings (SSSR count). The van der Waals surface area contributed by atoms with Gasteiger partial charge in [-0.1, -0.05) is 12.2 Å². The van der Waals surface area contributed by atoms with Crippen molar-refractivity contribution in [3.8, 4) is 0 Å². The van der Waals surface area contributed by atoms with Crippen LogP contribution in [0.15, 0.2) is 23.6 Å². The van der Waals surface area contributed by atoms with Gasteiger partial charge in [-0.05, 0) is 20.8 Å². The molecule has 2 heteroatoms. The predicted molar refractivity (Wildman–Crippen MR) is 39.3 cm³/mol. The van der Waals surface area contributed by atoms with Gasteiger partial charge in [0.05, 0.1) is 0 Å². The molecule has 0 aromatic carbocycles. The van der Waals surface area contributed by atoms with Gasteiger partial charge in [0.25, 0.3) is 0 Å². The molecule has 0 atom stereocenters. The molecular weight excluding hydrogens is 131 g/mol. The predicted octanol–water partition coefficient (Wildman–Crippen LogP) is 2.40. The van der Waals surface area contributed by atoms with Gasteiger partial charge >= 0.3 is 0 Å². The summed E-state index contributed by atoms with van der Waals surface area (Å²) in [6, 6.07) is 0. The average molecular weight is 142 g/mol. The van der Waals surface area contributed by atoms with E-state index in [1.54, 1.807) is 13.0 Å². The highest BCUT2D eigenvalue weighted by Crippen LogP contribution is 2.07. The van der Waals surface area contributed by atoms with Gasteiger partial charge in [0, 0.05) is 5.57 Å². The van der Waals surface area contributed by atoms with E-state index in [1.807, 2.05) is 0 Å². The highest BCUT2D eigenvalue weighted by molar-refractivity contribution is 5.96. The van der Waals surface area contributed by atoms with Crippen molar-refractivity contribution < 1.29 is 9.18 Å². The second kappa shape index (κ2) is 3.99. The Morgan fingerprint density at radius 3 is 2.00 bits per heavy atom. The number of hydrogen-bond donors (Lipinski definition) is 0. The number of rotatable bonds is 2. The van der Waals surface area contributed by atoms with E-state index < -0.39 is 5.83 Å². The molecule has 0 saturated carbocycles. The van der Waals surface area contributed by atoms with E-state index in [4.69, 9.17) is 0 Å². The number of carbonyl (C=O) groups is 1. The van der Waals surface area contributed by atoms with Crippen molar-refractivity contribution in [1.82, 2.24) is 0 Å². The van der Waals surface area contributed by atoms with Crippen molar-refractivity contribution in [1.29, 1.82) is 0 Å². The highest BCUT2D eigenvalue weighted by atomic mass is 19.1. The fourth-order valence-corrected chi connectivity index (χ4v) is 0.641. The quantitative estimate of drug-likeness (QED) is 0.427. The maximum atomic E-state index is 12.4. The van der Waals surface area contributed by atoms with E-state index in [-0.39, 0.29) is 11.4 Å². The number of hydrogen-bond acceptors (Lipinski definition) is 1. The smallest absolute Gasteiger partial charge is 0.162 e. The van der Waals surface area contributed by atoms with Crippen LogP contribution in [0.5, 0.6) is 0 Å². The van der Waals surface area contributed by atoms with Crippen molar-refractivity contribution in [2.24, 2.45) is 0 Å². The number of carbonyl (C=O) groups excluding carboxylic acids is 1. The summed E-state index contributed by atoms with van der Waals surface area (Å²) in [5, 5.41) is 0. The average Bonchev–Trinajstić information content (AvgIpc) is 1.81. The molecule has 0 aliphatic carbocycles. The van der Waals surface area contributed by atoms with Crippen LogP contribution in [0.2, 0.25) is 0 Å². The first-order valence-electron chi connectivity index (χ1n) is 3.09. The van der Waals surface area contributed by atoms with Crippen molar-refractivity contribution in [3.63, 3.8) is 0 Å². The zero-order valence-electron chi connectivity index (χ0n) is 6.44. The van der Waals surface area contributed by atoms with Gasteiger partial charge in [0.1, 0.15) is 5.83 Å². The maximum absolute atomic E-state index is 12.4. The third-order valence-corrected chi connectivity index (χ3v) is 1.08. The Bertz CT molecular complexity index is 185. The summed E-state index contributed by atoms with van der Waals surface area (Å²) in [7, 11) is 0. The Balaban J connectivity index is 4.61. The van der Waals surface area contributed by atoms with Crippen LogP contribution in [0.25, 0.3) is 0 Å². The molecule has 10 heavy (non-hydrogen) atoms. The number of Topliss-reactive ketones (excluding diaryl/α,β-unsaturated/α-hetero) is 1. The van der Waals surface area contributed by atoms with Crippen LogP contribution in [0, 0.1) is 0 Å². The third kappa shape index (κ3) is 2.58. The van der Waals surface area contributed by atoms with Gasteiger partial charge in [0.15, 0.2) is 5.78 Å². The Morgan fingerprint density at radius 2 is 1.90 bits per heavy atom. The summed E-state index contributed by atoms with van der Waals surface area (Å²) in [4.78, 5) is 10.6. The minimum atomic E-state index is -0.425. The van der Waals surface area contributed by atoms with Crippen LogP contribution in [0.4, 0.5) is 4.39 Å². The number of halogens is 1. The fourth-order valence-electron chi connectivity index (χ4n) is 0.641. The lowest BCUT2D eigenvalue weighted by Crippen LogP contribution is -1.94. The molecule has 0 heterocycles. The van der Waals surface area contributed by atoms with Gasteiger partial charge in [-0.3, -0.25) is 4.79 Å². The molecule has 0 aliphatic heterocycles. The van der Waals surface area contributed by atoms with E-state index in [9.17, 15) is 9.18 Å². The third-order valence-electron chi connectivity index (χ3n) is 1.08. The lowest BCUT2D eigenvalue weighted by Gasteiger charge is -1.93. The highest BCUT2D eigenvalue weighted by Gasteiger charge is 2.02. The first-order chi connectivity index (χ1) is 4.59. The Hall–Kier alpha value is -0.920. The second-order valence-corrected chi connectivity index (χ2v) is 2.00. The van der Waals surface area contributed by atoms with Crippen LogP contribution < -0.4 is 0 Å². The van der Waals surface area contributed by atoms with Crippen molar-refractivity contribution in [2.45, 2.75) is 20.8 Å². The van der Waals surface area contributed by atoms with Crippen molar-refractivity contribution in [3.05, 3.63) is 23.6 Å². The van der Waals surface area contributed by atoms with Crippen LogP contribution in [0.1, 0.15) is 20.8 Å². The molecule has 0 spiro atoms. The molecule has 0 fully saturated rings. The Morgan fingerprint density at radius 1 is 1.40 bits per heavy atom. The zero-order chi connectivity index (χ0) is 8.15. The molecule has 0 N–H and O–H groups in total. The van der Waals surface area contributed by atoms with E-state index in [0.717, 1.165) is 0 Å². The lowest BCUT2D eigenvalue weighted by atomic mass is 10.1. The Labute approximate surface area is 60.2 Å². The zero-order valence-corrected chi connectivity index (χ0v) is 6.44. The Kier molecular flexibility index (Phi) is 3.62. The van der Waals surface area contributed by atoms with Gasteiger partial charge in [-0.25, -0.2) is 4.39 Å². The minimum Gasteiger partial charge on any atom is -0.294 e.